The van der Waals surface area contributed by atoms with Gasteiger partial charge in [0.2, 0.25) is 0 Å². The van der Waals surface area contributed by atoms with Crippen LogP contribution in [-0.4, -0.2) is 17.1 Å². The van der Waals surface area contributed by atoms with Crippen LogP contribution in [0.4, 0.5) is 18.3 Å². The van der Waals surface area contributed by atoms with E-state index in [4.69, 9.17) is 0 Å². The van der Waals surface area contributed by atoms with Crippen LogP contribution >= 0.6 is 27.3 Å². The maximum atomic E-state index is 11.8. The highest BCUT2D eigenvalue weighted by molar-refractivity contribution is 9.10. The predicted molar refractivity (Wildman–Crippen MR) is 49.2 cm³/mol. The number of rotatable bonds is 1. The van der Waals surface area contributed by atoms with Crippen molar-refractivity contribution in [1.82, 2.24) is 4.98 Å². The molecule has 0 aliphatic heterocycles. The number of nitrogens with one attached hydrogen (secondary N) is 1. The first-order valence-electron chi connectivity index (χ1n) is 3.32. The van der Waals surface area contributed by atoms with Gasteiger partial charge in [-0.3, -0.25) is 10.1 Å². The van der Waals surface area contributed by atoms with Gasteiger partial charge in [0.05, 0.1) is 0 Å². The molecular formula is C6H4BrF3N2OS. The van der Waals surface area contributed by atoms with E-state index >= 15 is 0 Å². The number of nitrogens with zero attached hydrogens (tertiary/aromatic N) is 1. The van der Waals surface area contributed by atoms with Crippen LogP contribution in [0.25, 0.3) is 0 Å². The fourth-order valence-corrected chi connectivity index (χ4v) is 1.84. The van der Waals surface area contributed by atoms with Crippen LogP contribution in [0.15, 0.2) is 4.60 Å². The lowest BCUT2D eigenvalue weighted by Crippen LogP contribution is -2.29. The Morgan fingerprint density at radius 3 is 2.50 bits per heavy atom. The fourth-order valence-electron chi connectivity index (χ4n) is 0.599. The van der Waals surface area contributed by atoms with E-state index < -0.39 is 12.1 Å². The normalized spacial score (nSPS) is 11.5. The summed E-state index contributed by atoms with van der Waals surface area (Å²) in [6.07, 6.45) is -4.88. The van der Waals surface area contributed by atoms with Crippen LogP contribution < -0.4 is 5.32 Å². The molecule has 0 spiro atoms. The number of hydrogen-bond acceptors (Lipinski definition) is 3. The quantitative estimate of drug-likeness (QED) is 0.863. The maximum Gasteiger partial charge on any atom is 0.471 e. The second-order valence-corrected chi connectivity index (χ2v) is 4.27. The number of anilines is 1. The Morgan fingerprint density at radius 2 is 2.14 bits per heavy atom. The average Bonchev–Trinajstić information content (AvgIpc) is 2.29. The monoisotopic (exact) mass is 288 g/mol. The molecular weight excluding hydrogens is 285 g/mol. The molecule has 1 aromatic heterocycles. The number of aromatic nitrogens is 1. The largest absolute Gasteiger partial charge is 0.471 e. The minimum atomic E-state index is -4.88. The third kappa shape index (κ3) is 2.68. The van der Waals surface area contributed by atoms with Gasteiger partial charge in [-0.05, 0) is 22.9 Å². The molecule has 0 aromatic carbocycles. The highest BCUT2D eigenvalue weighted by Gasteiger charge is 2.39. The highest BCUT2D eigenvalue weighted by atomic mass is 79.9. The molecule has 1 amide bonds. The molecule has 0 radical (unpaired) electrons. The second kappa shape index (κ2) is 3.85. The van der Waals surface area contributed by atoms with Crippen LogP contribution in [0.5, 0.6) is 0 Å². The van der Waals surface area contributed by atoms with Crippen LogP contribution in [0.3, 0.4) is 0 Å². The van der Waals surface area contributed by atoms with Crippen molar-refractivity contribution in [2.75, 3.05) is 5.32 Å². The lowest BCUT2D eigenvalue weighted by molar-refractivity contribution is -0.167. The van der Waals surface area contributed by atoms with E-state index in [0.29, 0.717) is 9.48 Å². The number of halogens is 4. The molecule has 3 nitrogen and oxygen atoms in total. The summed E-state index contributed by atoms with van der Waals surface area (Å²) in [5, 5.41) is 1.58. The van der Waals surface area contributed by atoms with Crippen molar-refractivity contribution < 1.29 is 18.0 Å². The molecule has 0 saturated carbocycles. The van der Waals surface area contributed by atoms with Crippen molar-refractivity contribution in [3.8, 4) is 0 Å². The van der Waals surface area contributed by atoms with Crippen LogP contribution in [0, 0.1) is 6.92 Å². The first kappa shape index (κ1) is 11.4. The van der Waals surface area contributed by atoms with Gasteiger partial charge in [0, 0.05) is 4.88 Å². The van der Waals surface area contributed by atoms with Crippen molar-refractivity contribution in [2.24, 2.45) is 0 Å². The van der Waals surface area contributed by atoms with Crippen molar-refractivity contribution in [3.63, 3.8) is 0 Å². The molecule has 1 N–H and O–H groups in total. The van der Waals surface area contributed by atoms with Crippen LogP contribution in [0.1, 0.15) is 4.88 Å². The van der Waals surface area contributed by atoms with E-state index in [-0.39, 0.29) is 5.13 Å². The minimum Gasteiger partial charge on any atom is -0.294 e. The number of carbonyl (C=O) groups is 1. The van der Waals surface area contributed by atoms with Gasteiger partial charge in [-0.2, -0.15) is 13.2 Å². The average molecular weight is 289 g/mol. The summed E-state index contributed by atoms with van der Waals surface area (Å²) < 4.78 is 35.8. The van der Waals surface area contributed by atoms with E-state index in [9.17, 15) is 18.0 Å². The van der Waals surface area contributed by atoms with Gasteiger partial charge in [0.15, 0.2) is 5.13 Å². The Kier molecular flexibility index (Phi) is 3.15. The molecule has 0 bridgehead atoms. The Bertz CT molecular complexity index is 343. The number of hydrogen-bond donors (Lipinski definition) is 1. The number of alkyl halides is 3. The van der Waals surface area contributed by atoms with Crippen molar-refractivity contribution in [2.45, 2.75) is 13.1 Å². The van der Waals surface area contributed by atoms with Crippen LogP contribution in [-0.2, 0) is 4.79 Å². The molecule has 0 unspecified atom stereocenters. The summed E-state index contributed by atoms with van der Waals surface area (Å²) in [4.78, 5) is 14.8. The summed E-state index contributed by atoms with van der Waals surface area (Å²) >= 11 is 3.99. The topological polar surface area (TPSA) is 42.0 Å². The van der Waals surface area contributed by atoms with E-state index in [0.717, 1.165) is 11.3 Å². The summed E-state index contributed by atoms with van der Waals surface area (Å²) in [7, 11) is 0. The molecule has 14 heavy (non-hydrogen) atoms. The number of thiazole rings is 1. The highest BCUT2D eigenvalue weighted by Crippen LogP contribution is 2.27. The molecule has 0 saturated heterocycles. The SMILES string of the molecule is Cc1sc(NC(=O)C(F)(F)F)nc1Br. The predicted octanol–water partition coefficient (Wildman–Crippen LogP) is 2.71. The molecule has 78 valence electrons. The third-order valence-electron chi connectivity index (χ3n) is 1.22. The van der Waals surface area contributed by atoms with E-state index in [1.165, 1.54) is 0 Å². The van der Waals surface area contributed by atoms with Crippen molar-refractivity contribution in [3.05, 3.63) is 9.48 Å². The van der Waals surface area contributed by atoms with Gasteiger partial charge in [-0.15, -0.1) is 11.3 Å². The zero-order valence-electron chi connectivity index (χ0n) is 6.78. The van der Waals surface area contributed by atoms with Crippen LogP contribution in [0.2, 0.25) is 0 Å². The molecule has 0 atom stereocenters. The summed E-state index contributed by atoms with van der Waals surface area (Å²) in [5.41, 5.74) is 0. The summed E-state index contributed by atoms with van der Waals surface area (Å²) in [6, 6.07) is 0. The molecule has 8 heteroatoms. The standard InChI is InChI=1S/C6H4BrF3N2OS/c1-2-3(7)11-5(14-2)12-4(13)6(8,9)10/h1H3,(H,11,12,13). The van der Waals surface area contributed by atoms with E-state index in [1.807, 2.05) is 0 Å². The van der Waals surface area contributed by atoms with E-state index in [1.54, 1.807) is 12.2 Å². The Labute approximate surface area is 89.5 Å². The first-order chi connectivity index (χ1) is 6.30. The molecule has 1 aromatic rings. The third-order valence-corrected chi connectivity index (χ3v) is 3.14. The van der Waals surface area contributed by atoms with Gasteiger partial charge >= 0.3 is 12.1 Å². The Balaban J connectivity index is 2.75. The second-order valence-electron chi connectivity index (χ2n) is 2.32. The molecule has 1 rings (SSSR count). The smallest absolute Gasteiger partial charge is 0.294 e. The van der Waals surface area contributed by atoms with Gasteiger partial charge in [0.25, 0.3) is 0 Å². The van der Waals surface area contributed by atoms with Gasteiger partial charge in [-0.25, -0.2) is 4.98 Å². The van der Waals surface area contributed by atoms with Gasteiger partial charge < -0.3 is 0 Å². The fraction of sp³-hybridized carbons (Fsp3) is 0.333. The first-order valence-corrected chi connectivity index (χ1v) is 4.93. The maximum absolute atomic E-state index is 11.8. The molecule has 1 heterocycles. The number of amides is 1. The van der Waals surface area contributed by atoms with Crippen molar-refractivity contribution in [1.29, 1.82) is 0 Å². The van der Waals surface area contributed by atoms with Crippen molar-refractivity contribution >= 4 is 38.3 Å². The molecule has 0 aliphatic rings. The lowest BCUT2D eigenvalue weighted by atomic mass is 10.6. The summed E-state index contributed by atoms with van der Waals surface area (Å²) in [5.74, 6) is -2.02. The van der Waals surface area contributed by atoms with Gasteiger partial charge in [-0.1, -0.05) is 0 Å². The van der Waals surface area contributed by atoms with Gasteiger partial charge in [0.1, 0.15) is 4.60 Å². The molecule has 0 fully saturated rings. The molecule has 0 aliphatic carbocycles. The number of carbonyl (C=O) groups excluding carboxylic acids is 1. The zero-order chi connectivity index (χ0) is 10.9. The Morgan fingerprint density at radius 1 is 1.57 bits per heavy atom. The minimum absolute atomic E-state index is 0.0725. The number of aryl methyl sites for hydroxylation is 1. The Hall–Kier alpha value is -0.630. The summed E-state index contributed by atoms with van der Waals surface area (Å²) in [6.45, 7) is 1.67. The zero-order valence-corrected chi connectivity index (χ0v) is 9.18. The van der Waals surface area contributed by atoms with E-state index in [2.05, 4.69) is 20.9 Å². The lowest BCUT2D eigenvalue weighted by Gasteiger charge is -2.03.